The summed E-state index contributed by atoms with van der Waals surface area (Å²) in [5, 5.41) is 23.0. The van der Waals surface area contributed by atoms with Gasteiger partial charge in [0.05, 0.1) is 42.2 Å². The van der Waals surface area contributed by atoms with Crippen molar-refractivity contribution in [3.8, 4) is 0 Å². The van der Waals surface area contributed by atoms with Crippen LogP contribution in [0.1, 0.15) is 81.1 Å². The Labute approximate surface area is 257 Å². The maximum Gasteiger partial charge on any atom is 0.311 e. The van der Waals surface area contributed by atoms with Crippen LogP contribution in [0.4, 0.5) is 0 Å². The van der Waals surface area contributed by atoms with E-state index in [0.29, 0.717) is 38.0 Å². The van der Waals surface area contributed by atoms with Gasteiger partial charge in [-0.1, -0.05) is 27.4 Å². The van der Waals surface area contributed by atoms with E-state index in [9.17, 15) is 15.0 Å². The Hall–Kier alpha value is -1.53. The molecule has 0 amide bonds. The van der Waals surface area contributed by atoms with Crippen LogP contribution < -0.4 is 0 Å². The maximum atomic E-state index is 13.5. The Morgan fingerprint density at radius 3 is 2.40 bits per heavy atom. The molecule has 4 aliphatic heterocycles. The predicted octanol–water partition coefficient (Wildman–Crippen LogP) is 3.93. The lowest BCUT2D eigenvalue weighted by Crippen LogP contribution is -2.59. The van der Waals surface area contributed by atoms with E-state index in [0.717, 1.165) is 5.57 Å². The van der Waals surface area contributed by atoms with Crippen molar-refractivity contribution in [2.24, 2.45) is 17.8 Å². The number of carbonyl (C=O) groups is 1. The highest BCUT2D eigenvalue weighted by atomic mass is 16.8. The molecule has 0 saturated carbocycles. The van der Waals surface area contributed by atoms with Gasteiger partial charge < -0.3 is 43.5 Å². The summed E-state index contributed by atoms with van der Waals surface area (Å²) in [5.41, 5.74) is -1.12. The number of allylic oxidation sites excluding steroid dienone is 1. The monoisotopic (exact) mass is 609 g/mol. The van der Waals surface area contributed by atoms with Crippen LogP contribution in [-0.2, 0) is 33.2 Å². The Balaban J connectivity index is 1.81. The Morgan fingerprint density at radius 1 is 1.12 bits per heavy atom. The number of carbonyl (C=O) groups excluding carboxylic acids is 1. The van der Waals surface area contributed by atoms with Gasteiger partial charge in [-0.05, 0) is 79.6 Å². The van der Waals surface area contributed by atoms with Crippen LogP contribution in [0.15, 0.2) is 24.0 Å². The van der Waals surface area contributed by atoms with Gasteiger partial charge in [0.15, 0.2) is 12.1 Å². The van der Waals surface area contributed by atoms with Crippen molar-refractivity contribution in [2.75, 3.05) is 20.7 Å². The van der Waals surface area contributed by atoms with Crippen LogP contribution in [0.25, 0.3) is 0 Å². The van der Waals surface area contributed by atoms with Gasteiger partial charge in [-0.15, -0.1) is 0 Å². The minimum Gasteiger partial charge on any atom is -0.499 e. The van der Waals surface area contributed by atoms with Crippen molar-refractivity contribution >= 4 is 5.97 Å². The summed E-state index contributed by atoms with van der Waals surface area (Å²) in [6, 6.07) is -0.180. The van der Waals surface area contributed by atoms with Crippen molar-refractivity contribution in [3.63, 3.8) is 0 Å². The summed E-state index contributed by atoms with van der Waals surface area (Å²) in [7, 11) is 3.85. The summed E-state index contributed by atoms with van der Waals surface area (Å²) in [5.74, 6) is -2.68. The first-order valence-corrected chi connectivity index (χ1v) is 16.0. The first-order chi connectivity index (χ1) is 20.0. The molecule has 43 heavy (non-hydrogen) atoms. The molecule has 3 unspecified atom stereocenters. The highest BCUT2D eigenvalue weighted by Gasteiger charge is 2.65. The molecule has 0 aromatic carbocycles. The third-order valence-electron chi connectivity index (χ3n) is 10.1. The number of cyclic esters (lactones) is 1. The van der Waals surface area contributed by atoms with Crippen molar-refractivity contribution in [1.82, 2.24) is 4.90 Å². The second-order valence-corrected chi connectivity index (χ2v) is 13.9. The molecule has 10 nitrogen and oxygen atoms in total. The smallest absolute Gasteiger partial charge is 0.311 e. The van der Waals surface area contributed by atoms with Gasteiger partial charge in [-0.2, -0.15) is 0 Å². The molecule has 0 aromatic heterocycles. The number of rotatable bonds is 8. The van der Waals surface area contributed by atoms with Gasteiger partial charge in [-0.3, -0.25) is 4.79 Å². The number of likely N-dealkylation sites (N-methyl/N-ethyl adjacent to an activating group) is 1. The summed E-state index contributed by atoms with van der Waals surface area (Å²) >= 11 is 0. The molecule has 3 bridgehead atoms. The number of aliphatic hydroxyl groups is 2. The van der Waals surface area contributed by atoms with Gasteiger partial charge in [0.25, 0.3) is 0 Å². The molecule has 3 fully saturated rings. The van der Waals surface area contributed by atoms with Gasteiger partial charge in [0, 0.05) is 24.3 Å². The molecule has 0 aromatic rings. The molecular weight excluding hydrogens is 554 g/mol. The average Bonchev–Trinajstić information content (AvgIpc) is 3.36. The van der Waals surface area contributed by atoms with Crippen LogP contribution in [0, 0.1) is 17.8 Å². The quantitative estimate of drug-likeness (QED) is 0.238. The largest absolute Gasteiger partial charge is 0.499 e. The van der Waals surface area contributed by atoms with Crippen molar-refractivity contribution in [3.05, 3.63) is 24.0 Å². The van der Waals surface area contributed by atoms with Crippen LogP contribution in [0.2, 0.25) is 0 Å². The minimum absolute atomic E-state index is 0.146. The number of hydrogen-bond acceptors (Lipinski definition) is 10. The molecule has 13 atom stereocenters. The first-order valence-electron chi connectivity index (χ1n) is 16.0. The number of nitrogens with zero attached hydrogens (tertiary/aromatic N) is 1. The molecule has 4 heterocycles. The van der Waals surface area contributed by atoms with E-state index in [2.05, 4.69) is 13.5 Å². The molecular formula is C33H55NO9. The van der Waals surface area contributed by atoms with Crippen molar-refractivity contribution in [2.45, 2.75) is 141 Å². The highest BCUT2D eigenvalue weighted by molar-refractivity contribution is 5.73. The average molecular weight is 610 g/mol. The maximum absolute atomic E-state index is 13.5. The van der Waals surface area contributed by atoms with Gasteiger partial charge in [-0.25, -0.2) is 0 Å². The van der Waals surface area contributed by atoms with E-state index >= 15 is 0 Å². The fraction of sp³-hybridized carbons (Fsp3) is 0.848. The molecule has 0 aliphatic carbocycles. The Kier molecular flexibility index (Phi) is 10.1. The molecule has 0 radical (unpaired) electrons. The summed E-state index contributed by atoms with van der Waals surface area (Å²) in [6.45, 7) is 19.9. The molecule has 4 aliphatic rings. The number of esters is 1. The summed E-state index contributed by atoms with van der Waals surface area (Å²) in [6.07, 6.45) is -0.473. The summed E-state index contributed by atoms with van der Waals surface area (Å²) in [4.78, 5) is 15.5. The lowest BCUT2D eigenvalue weighted by Gasteiger charge is -2.47. The number of ether oxygens (including phenoxy) is 6. The van der Waals surface area contributed by atoms with Crippen LogP contribution in [-0.4, -0.2) is 102 Å². The molecule has 2 N–H and O–H groups in total. The number of fused-ring (bicyclic) bond motifs is 2. The second kappa shape index (κ2) is 12.7. The fourth-order valence-electron chi connectivity index (χ4n) is 7.83. The molecule has 246 valence electrons. The minimum atomic E-state index is -1.17. The van der Waals surface area contributed by atoms with E-state index in [-0.39, 0.29) is 18.1 Å². The van der Waals surface area contributed by atoms with E-state index in [1.807, 2.05) is 66.6 Å². The standard InChI is InChI=1S/C33H55NO9/c1-12-25-31(8)17-23(14-19(4)38-13-2)33(42-31)18(3)16-32(9,43-33)28(21(6)26(35)22(7)29(37)40-25)41-30-27(36)24(34(10)11)15-20(5)39-30/h17-18,20-22,24-28,30,35-36H,4,12-16H2,1-3,5-11H3/t18-,20-,21+,22-,24+,25-,26+,27-,28-,30+,31?,32?,33?/m1/s1. The molecule has 3 saturated heterocycles. The zero-order valence-corrected chi connectivity index (χ0v) is 27.8. The Morgan fingerprint density at radius 2 is 1.79 bits per heavy atom. The van der Waals surface area contributed by atoms with E-state index in [1.165, 1.54) is 0 Å². The molecule has 10 heteroatoms. The second-order valence-electron chi connectivity index (χ2n) is 13.9. The van der Waals surface area contributed by atoms with Gasteiger partial charge in [0.1, 0.15) is 17.8 Å². The van der Waals surface area contributed by atoms with Crippen molar-refractivity contribution in [1.29, 1.82) is 0 Å². The van der Waals surface area contributed by atoms with E-state index in [1.54, 1.807) is 6.92 Å². The molecule has 4 rings (SSSR count). The predicted molar refractivity (Wildman–Crippen MR) is 161 cm³/mol. The van der Waals surface area contributed by atoms with Gasteiger partial charge >= 0.3 is 5.97 Å². The van der Waals surface area contributed by atoms with Crippen molar-refractivity contribution < 1.29 is 43.4 Å². The third kappa shape index (κ3) is 6.30. The highest BCUT2D eigenvalue weighted by Crippen LogP contribution is 2.57. The normalized spacial score (nSPS) is 47.0. The topological polar surface area (TPSA) is 116 Å². The zero-order chi connectivity index (χ0) is 32.1. The Bertz CT molecular complexity index is 1060. The van der Waals surface area contributed by atoms with Crippen LogP contribution in [0.5, 0.6) is 0 Å². The SMILES string of the molecule is C=C(CC1=CC2(C)OC13OC(C)(C[C@H]3C)[C@H](O[C@@H]1O[C@H](C)C[C@H](N(C)C)[C@H]1O)[C@@H](C)[C@H](O)[C@@H](C)C(=O)O[C@@H]2CC)OCC. The fourth-order valence-corrected chi connectivity index (χ4v) is 7.83. The van der Waals surface area contributed by atoms with Gasteiger partial charge in [0.2, 0.25) is 0 Å². The van der Waals surface area contributed by atoms with Crippen LogP contribution in [0.3, 0.4) is 0 Å². The van der Waals surface area contributed by atoms with Crippen LogP contribution >= 0.6 is 0 Å². The lowest BCUT2D eigenvalue weighted by molar-refractivity contribution is -0.328. The lowest BCUT2D eigenvalue weighted by atomic mass is 9.78. The zero-order valence-electron chi connectivity index (χ0n) is 27.8. The molecule has 1 spiro atoms. The third-order valence-corrected chi connectivity index (χ3v) is 10.1. The van der Waals surface area contributed by atoms with E-state index < -0.39 is 65.5 Å². The first kappa shape index (κ1) is 34.3. The number of hydrogen-bond donors (Lipinski definition) is 2. The van der Waals surface area contributed by atoms with E-state index in [4.69, 9.17) is 28.4 Å². The number of aliphatic hydroxyl groups excluding tert-OH is 2. The summed E-state index contributed by atoms with van der Waals surface area (Å²) < 4.78 is 38.8.